The Morgan fingerprint density at radius 3 is 2.48 bits per heavy atom. The van der Waals surface area contributed by atoms with Crippen molar-refractivity contribution in [2.24, 2.45) is 0 Å². The van der Waals surface area contributed by atoms with E-state index in [2.05, 4.69) is 11.3 Å². The molecule has 5 nitrogen and oxygen atoms in total. The maximum absolute atomic E-state index is 13.9. The lowest BCUT2D eigenvalue weighted by Gasteiger charge is -2.18. The van der Waals surface area contributed by atoms with Crippen LogP contribution in [0.4, 0.5) is 13.2 Å². The number of rotatable bonds is 7. The fourth-order valence-electron chi connectivity index (χ4n) is 2.29. The molecule has 0 bridgehead atoms. The van der Waals surface area contributed by atoms with Crippen molar-refractivity contribution in [1.29, 1.82) is 0 Å². The highest BCUT2D eigenvalue weighted by atomic mass is 32.2. The summed E-state index contributed by atoms with van der Waals surface area (Å²) in [6.45, 7) is 3.08. The molecule has 0 aromatic heterocycles. The zero-order chi connectivity index (χ0) is 20.2. The number of benzene rings is 2. The van der Waals surface area contributed by atoms with Crippen molar-refractivity contribution in [3.63, 3.8) is 0 Å². The molecule has 0 saturated carbocycles. The van der Waals surface area contributed by atoms with E-state index < -0.39 is 38.3 Å². The fourth-order valence-corrected chi connectivity index (χ4v) is 3.39. The molecule has 2 rings (SSSR count). The number of hydrogen-bond donors (Lipinski definition) is 1. The van der Waals surface area contributed by atoms with Gasteiger partial charge in [-0.1, -0.05) is 12.1 Å². The van der Waals surface area contributed by atoms with Gasteiger partial charge in [-0.05, 0) is 24.3 Å². The van der Waals surface area contributed by atoms with E-state index in [1.807, 2.05) is 0 Å². The molecule has 0 aliphatic carbocycles. The van der Waals surface area contributed by atoms with Gasteiger partial charge in [-0.25, -0.2) is 26.3 Å². The van der Waals surface area contributed by atoms with E-state index in [-0.39, 0.29) is 24.2 Å². The van der Waals surface area contributed by atoms with Crippen LogP contribution in [0, 0.1) is 17.5 Å². The van der Waals surface area contributed by atoms with Crippen LogP contribution in [0.25, 0.3) is 0 Å². The Balaban J connectivity index is 2.28. The summed E-state index contributed by atoms with van der Waals surface area (Å²) in [6.07, 6.45) is 1.29. The van der Waals surface area contributed by atoms with Gasteiger partial charge in [0.1, 0.15) is 22.3 Å². The molecule has 2 aromatic carbocycles. The van der Waals surface area contributed by atoms with Gasteiger partial charge in [0.2, 0.25) is 10.0 Å². The molecule has 0 aliphatic heterocycles. The second-order valence-electron chi connectivity index (χ2n) is 5.68. The minimum atomic E-state index is -4.17. The van der Waals surface area contributed by atoms with Gasteiger partial charge >= 0.3 is 0 Å². The third-order valence-electron chi connectivity index (χ3n) is 3.65. The molecule has 0 atom stereocenters. The first-order chi connectivity index (χ1) is 12.7. The lowest BCUT2D eigenvalue weighted by atomic mass is 10.1. The molecule has 2 aromatic rings. The molecule has 0 radical (unpaired) electrons. The SMILES string of the molecule is C=CCNS(=O)(=O)c1cc(C(=O)N(C)Cc2ccc(F)cc2F)ccc1F. The largest absolute Gasteiger partial charge is 0.337 e. The second-order valence-corrected chi connectivity index (χ2v) is 7.42. The minimum absolute atomic E-state index is 0.0786. The first-order valence-corrected chi connectivity index (χ1v) is 9.23. The standard InChI is InChI=1S/C18H17F3N2O3S/c1-3-8-22-27(25,26)17-9-12(5-7-15(17)20)18(24)23(2)11-13-4-6-14(19)10-16(13)21/h3-7,9-10,22H,1,8,11H2,2H3. The summed E-state index contributed by atoms with van der Waals surface area (Å²) in [5.74, 6) is -3.23. The quantitative estimate of drug-likeness (QED) is 0.730. The molecule has 0 saturated heterocycles. The van der Waals surface area contributed by atoms with Crippen molar-refractivity contribution < 1.29 is 26.4 Å². The van der Waals surface area contributed by atoms with Crippen molar-refractivity contribution in [3.05, 3.63) is 77.6 Å². The van der Waals surface area contributed by atoms with Crippen molar-refractivity contribution in [3.8, 4) is 0 Å². The van der Waals surface area contributed by atoms with Crippen molar-refractivity contribution in [2.75, 3.05) is 13.6 Å². The molecule has 0 fully saturated rings. The molecule has 1 N–H and O–H groups in total. The van der Waals surface area contributed by atoms with Crippen LogP contribution in [0.3, 0.4) is 0 Å². The first-order valence-electron chi connectivity index (χ1n) is 7.75. The van der Waals surface area contributed by atoms with Crippen LogP contribution < -0.4 is 4.72 Å². The molecule has 0 unspecified atom stereocenters. The average Bonchev–Trinajstić information content (AvgIpc) is 2.62. The summed E-state index contributed by atoms with van der Waals surface area (Å²) in [5, 5.41) is 0. The van der Waals surface area contributed by atoms with Gasteiger partial charge in [0.25, 0.3) is 5.91 Å². The predicted molar refractivity (Wildman–Crippen MR) is 93.9 cm³/mol. The Hall–Kier alpha value is -2.65. The monoisotopic (exact) mass is 398 g/mol. The molecular weight excluding hydrogens is 381 g/mol. The summed E-state index contributed by atoms with van der Waals surface area (Å²) >= 11 is 0. The Morgan fingerprint density at radius 1 is 1.15 bits per heavy atom. The third-order valence-corrected chi connectivity index (χ3v) is 5.09. The van der Waals surface area contributed by atoms with Gasteiger partial charge in [-0.2, -0.15) is 0 Å². The number of carbonyl (C=O) groups excluding carboxylic acids is 1. The van der Waals surface area contributed by atoms with E-state index in [1.54, 1.807) is 0 Å². The molecule has 0 spiro atoms. The smallest absolute Gasteiger partial charge is 0.253 e. The zero-order valence-corrected chi connectivity index (χ0v) is 15.2. The number of amides is 1. The molecule has 0 aliphatic rings. The maximum Gasteiger partial charge on any atom is 0.253 e. The molecule has 9 heteroatoms. The van der Waals surface area contributed by atoms with E-state index in [1.165, 1.54) is 19.2 Å². The van der Waals surface area contributed by atoms with Crippen LogP contribution in [0.1, 0.15) is 15.9 Å². The van der Waals surface area contributed by atoms with Gasteiger partial charge in [-0.3, -0.25) is 4.79 Å². The van der Waals surface area contributed by atoms with Crippen LogP contribution in [0.2, 0.25) is 0 Å². The number of sulfonamides is 1. The van der Waals surface area contributed by atoms with Crippen molar-refractivity contribution in [1.82, 2.24) is 9.62 Å². The summed E-state index contributed by atoms with van der Waals surface area (Å²) in [5.41, 5.74) is -0.0183. The number of halogens is 3. The van der Waals surface area contributed by atoms with E-state index in [0.29, 0.717) is 6.07 Å². The molecule has 27 heavy (non-hydrogen) atoms. The van der Waals surface area contributed by atoms with E-state index in [0.717, 1.165) is 29.2 Å². The maximum atomic E-state index is 13.9. The predicted octanol–water partition coefficient (Wildman–Crippen LogP) is 2.84. The Kier molecular flexibility index (Phi) is 6.40. The van der Waals surface area contributed by atoms with Crippen LogP contribution in [-0.4, -0.2) is 32.8 Å². The van der Waals surface area contributed by atoms with E-state index in [9.17, 15) is 26.4 Å². The highest BCUT2D eigenvalue weighted by Crippen LogP contribution is 2.19. The summed E-state index contributed by atoms with van der Waals surface area (Å²) in [7, 11) is -2.81. The highest BCUT2D eigenvalue weighted by Gasteiger charge is 2.22. The van der Waals surface area contributed by atoms with Gasteiger partial charge in [0.05, 0.1) is 0 Å². The van der Waals surface area contributed by atoms with Gasteiger partial charge in [0, 0.05) is 37.3 Å². The molecular formula is C18H17F3N2O3S. The summed E-state index contributed by atoms with van der Waals surface area (Å²) in [4.78, 5) is 12.9. The number of nitrogens with zero attached hydrogens (tertiary/aromatic N) is 1. The van der Waals surface area contributed by atoms with Gasteiger partial charge < -0.3 is 4.90 Å². The Bertz CT molecular complexity index is 978. The van der Waals surface area contributed by atoms with Crippen LogP contribution in [0.5, 0.6) is 0 Å². The van der Waals surface area contributed by atoms with Crippen molar-refractivity contribution >= 4 is 15.9 Å². The number of nitrogens with one attached hydrogen (secondary N) is 1. The van der Waals surface area contributed by atoms with Crippen molar-refractivity contribution in [2.45, 2.75) is 11.4 Å². The van der Waals surface area contributed by atoms with Gasteiger partial charge in [-0.15, -0.1) is 6.58 Å². The normalized spacial score (nSPS) is 11.3. The topological polar surface area (TPSA) is 66.5 Å². The minimum Gasteiger partial charge on any atom is -0.337 e. The molecule has 0 heterocycles. The molecule has 1 amide bonds. The van der Waals surface area contributed by atoms with Crippen LogP contribution >= 0.6 is 0 Å². The highest BCUT2D eigenvalue weighted by molar-refractivity contribution is 7.89. The number of hydrogen-bond acceptors (Lipinski definition) is 3. The van der Waals surface area contributed by atoms with E-state index >= 15 is 0 Å². The lowest BCUT2D eigenvalue weighted by Crippen LogP contribution is -2.28. The van der Waals surface area contributed by atoms with Gasteiger partial charge in [0.15, 0.2) is 0 Å². The number of carbonyl (C=O) groups is 1. The zero-order valence-electron chi connectivity index (χ0n) is 14.4. The van der Waals surface area contributed by atoms with Crippen LogP contribution in [-0.2, 0) is 16.6 Å². The summed E-state index contributed by atoms with van der Waals surface area (Å²) in [6, 6.07) is 5.85. The summed E-state index contributed by atoms with van der Waals surface area (Å²) < 4.78 is 67.0. The van der Waals surface area contributed by atoms with E-state index in [4.69, 9.17) is 0 Å². The lowest BCUT2D eigenvalue weighted by molar-refractivity contribution is 0.0783. The second kappa shape index (κ2) is 8.36. The van der Waals surface area contributed by atoms with Crippen LogP contribution in [0.15, 0.2) is 53.9 Å². The Labute approximate surface area is 155 Å². The fraction of sp³-hybridized carbons (Fsp3) is 0.167. The third kappa shape index (κ3) is 4.95. The average molecular weight is 398 g/mol. The first kappa shape index (κ1) is 20.7. The Morgan fingerprint density at radius 2 is 1.85 bits per heavy atom. The molecule has 144 valence electrons.